The molecule has 4 nitrogen and oxygen atoms in total. The zero-order valence-electron chi connectivity index (χ0n) is 22.1. The van der Waals surface area contributed by atoms with Crippen molar-refractivity contribution in [2.45, 2.75) is 45.4 Å². The van der Waals surface area contributed by atoms with Crippen LogP contribution >= 0.6 is 11.6 Å². The highest BCUT2D eigenvalue weighted by Gasteiger charge is 2.25. The lowest BCUT2D eigenvalue weighted by molar-refractivity contribution is 0.182. The van der Waals surface area contributed by atoms with Crippen LogP contribution in [0, 0.1) is 5.92 Å². The second-order valence-corrected chi connectivity index (χ2v) is 10.1. The molecule has 1 fully saturated rings. The summed E-state index contributed by atoms with van der Waals surface area (Å²) in [7, 11) is 2.19. The minimum absolute atomic E-state index is 0.370. The fraction of sp³-hybridized carbons (Fsp3) is 0.419. The Morgan fingerprint density at radius 2 is 1.97 bits per heavy atom. The molecule has 0 radical (unpaired) electrons. The first kappa shape index (κ1) is 27.9. The summed E-state index contributed by atoms with van der Waals surface area (Å²) < 4.78 is 0. The Balaban J connectivity index is 0.000000236. The van der Waals surface area contributed by atoms with Crippen molar-refractivity contribution < 1.29 is 0 Å². The van der Waals surface area contributed by atoms with E-state index >= 15 is 0 Å². The largest absolute Gasteiger partial charge is 0.373 e. The van der Waals surface area contributed by atoms with Crippen molar-refractivity contribution in [2.75, 3.05) is 33.2 Å². The molecule has 2 aromatic rings. The molecular weight excluding hydrogens is 464 g/mol. The Kier molecular flexibility index (Phi) is 10.5. The Morgan fingerprint density at radius 3 is 2.61 bits per heavy atom. The molecule has 1 atom stereocenters. The summed E-state index contributed by atoms with van der Waals surface area (Å²) in [6.07, 6.45) is 12.0. The van der Waals surface area contributed by atoms with Crippen LogP contribution in [0.5, 0.6) is 0 Å². The molecule has 0 saturated carbocycles. The fourth-order valence-electron chi connectivity index (χ4n) is 4.91. The number of hydrogen-bond acceptors (Lipinski definition) is 4. The fourth-order valence-corrected chi connectivity index (χ4v) is 5.27. The maximum absolute atomic E-state index is 6.65. The van der Waals surface area contributed by atoms with Crippen LogP contribution in [0.1, 0.15) is 49.4 Å². The van der Waals surface area contributed by atoms with Crippen LogP contribution in [0.2, 0.25) is 5.02 Å². The first-order valence-corrected chi connectivity index (χ1v) is 13.4. The van der Waals surface area contributed by atoms with Gasteiger partial charge in [-0.05, 0) is 74.6 Å². The maximum atomic E-state index is 6.65. The van der Waals surface area contributed by atoms with E-state index in [1.165, 1.54) is 56.7 Å². The molecule has 36 heavy (non-hydrogen) atoms. The normalized spacial score (nSPS) is 18.1. The van der Waals surface area contributed by atoms with Crippen LogP contribution in [0.3, 0.4) is 0 Å². The van der Waals surface area contributed by atoms with Crippen LogP contribution < -0.4 is 0 Å². The van der Waals surface area contributed by atoms with Gasteiger partial charge >= 0.3 is 0 Å². The first-order valence-electron chi connectivity index (χ1n) is 13.0. The third kappa shape index (κ3) is 6.96. The smallest absolute Gasteiger partial charge is 0.0726 e. The van der Waals surface area contributed by atoms with Crippen molar-refractivity contribution in [3.8, 4) is 0 Å². The SMILES string of the molecule is C=C(CCCC)N1CCN(C)CC1.C=C/C(=C\N=C)C1CCc2c(nc3cc(C=C)ccc3c2Cl)C1. The molecule has 1 aliphatic heterocycles. The highest BCUT2D eigenvalue weighted by molar-refractivity contribution is 6.36. The zero-order chi connectivity index (χ0) is 26.1. The summed E-state index contributed by atoms with van der Waals surface area (Å²) in [5.41, 5.74) is 6.70. The summed E-state index contributed by atoms with van der Waals surface area (Å²) in [4.78, 5) is 13.6. The lowest BCUT2D eigenvalue weighted by Crippen LogP contribution is -2.43. The van der Waals surface area contributed by atoms with Crippen molar-refractivity contribution >= 4 is 35.3 Å². The molecule has 0 N–H and O–H groups in total. The number of benzene rings is 1. The number of aliphatic imine (C=N–C) groups is 1. The van der Waals surface area contributed by atoms with E-state index in [9.17, 15) is 0 Å². The molecule has 1 aromatic heterocycles. The van der Waals surface area contributed by atoms with E-state index in [2.05, 4.69) is 55.2 Å². The number of pyridine rings is 1. The lowest BCUT2D eigenvalue weighted by atomic mass is 9.82. The van der Waals surface area contributed by atoms with Gasteiger partial charge in [-0.1, -0.05) is 69.0 Å². The van der Waals surface area contributed by atoms with Crippen molar-refractivity contribution in [1.29, 1.82) is 0 Å². The van der Waals surface area contributed by atoms with Crippen LogP contribution in [-0.4, -0.2) is 54.7 Å². The van der Waals surface area contributed by atoms with E-state index in [1.807, 2.05) is 30.4 Å². The minimum Gasteiger partial charge on any atom is -0.373 e. The summed E-state index contributed by atoms with van der Waals surface area (Å²) in [6.45, 7) is 22.3. The number of piperazine rings is 1. The zero-order valence-corrected chi connectivity index (χ0v) is 22.9. The van der Waals surface area contributed by atoms with E-state index < -0.39 is 0 Å². The van der Waals surface area contributed by atoms with Crippen molar-refractivity contribution in [1.82, 2.24) is 14.8 Å². The molecule has 0 amide bonds. The third-order valence-corrected chi connectivity index (χ3v) is 7.69. The van der Waals surface area contributed by atoms with Gasteiger partial charge in [0.05, 0.1) is 10.5 Å². The number of aromatic nitrogens is 1. The maximum Gasteiger partial charge on any atom is 0.0726 e. The molecule has 4 rings (SSSR count). The Labute approximate surface area is 222 Å². The predicted octanol–water partition coefficient (Wildman–Crippen LogP) is 7.34. The van der Waals surface area contributed by atoms with Gasteiger partial charge in [0.1, 0.15) is 0 Å². The van der Waals surface area contributed by atoms with Gasteiger partial charge in [0.15, 0.2) is 0 Å². The monoisotopic (exact) mass is 504 g/mol. The molecule has 1 unspecified atom stereocenters. The van der Waals surface area contributed by atoms with Crippen molar-refractivity contribution in [2.24, 2.45) is 10.9 Å². The van der Waals surface area contributed by atoms with Gasteiger partial charge in [-0.25, -0.2) is 0 Å². The van der Waals surface area contributed by atoms with Gasteiger partial charge in [-0.2, -0.15) is 0 Å². The number of unbranched alkanes of at least 4 members (excludes halogenated alkanes) is 1. The number of fused-ring (bicyclic) bond motifs is 2. The van der Waals surface area contributed by atoms with Crippen LogP contribution in [0.4, 0.5) is 0 Å². The highest BCUT2D eigenvalue weighted by atomic mass is 35.5. The number of rotatable bonds is 8. The lowest BCUT2D eigenvalue weighted by Gasteiger charge is -2.35. The predicted molar refractivity (Wildman–Crippen MR) is 158 cm³/mol. The quantitative estimate of drug-likeness (QED) is 0.278. The van der Waals surface area contributed by atoms with Crippen LogP contribution in [-0.2, 0) is 12.8 Å². The molecule has 1 aliphatic carbocycles. The van der Waals surface area contributed by atoms with Gasteiger partial charge < -0.3 is 9.80 Å². The van der Waals surface area contributed by atoms with Gasteiger partial charge in [0.25, 0.3) is 0 Å². The second kappa shape index (κ2) is 13.6. The van der Waals surface area contributed by atoms with Gasteiger partial charge in [0, 0.05) is 49.2 Å². The molecule has 0 spiro atoms. The van der Waals surface area contributed by atoms with Gasteiger partial charge in [-0.15, -0.1) is 0 Å². The topological polar surface area (TPSA) is 31.7 Å². The van der Waals surface area contributed by atoms with Crippen molar-refractivity contribution in [3.63, 3.8) is 0 Å². The van der Waals surface area contributed by atoms with E-state index in [4.69, 9.17) is 16.6 Å². The molecule has 0 bridgehead atoms. The Bertz CT molecular complexity index is 1130. The highest BCUT2D eigenvalue weighted by Crippen LogP contribution is 2.37. The average Bonchev–Trinajstić information content (AvgIpc) is 2.90. The number of allylic oxidation sites excluding steroid dienone is 3. The van der Waals surface area contributed by atoms with E-state index in [1.54, 1.807) is 6.20 Å². The van der Waals surface area contributed by atoms with Crippen LogP contribution in [0.15, 0.2) is 66.5 Å². The first-order chi connectivity index (χ1) is 17.4. The standard InChI is InChI=1S/C20H19ClN2.C11H22N2/c1-4-13-6-8-16-18(10-13)23-19-11-15(14(5-2)12-22-3)7-9-17(19)20(16)21;1-4-5-6-11(2)13-9-7-12(3)8-10-13/h4-6,8,10,12,15H,1-3,7,9,11H2;2,4-10H2,1,3H3/b14-12+;. The van der Waals surface area contributed by atoms with Gasteiger partial charge in [-0.3, -0.25) is 9.98 Å². The molecule has 1 aromatic carbocycles. The van der Waals surface area contributed by atoms with Crippen LogP contribution in [0.25, 0.3) is 17.0 Å². The summed E-state index contributed by atoms with van der Waals surface area (Å²) in [5.74, 6) is 0.370. The third-order valence-electron chi connectivity index (χ3n) is 7.26. The average molecular weight is 505 g/mol. The summed E-state index contributed by atoms with van der Waals surface area (Å²) in [5, 5.41) is 1.85. The minimum atomic E-state index is 0.370. The molecule has 5 heteroatoms. The molecule has 2 aliphatic rings. The van der Waals surface area contributed by atoms with Crippen molar-refractivity contribution in [3.05, 3.63) is 83.3 Å². The summed E-state index contributed by atoms with van der Waals surface area (Å²) in [6, 6.07) is 6.09. The Morgan fingerprint density at radius 1 is 1.22 bits per heavy atom. The summed E-state index contributed by atoms with van der Waals surface area (Å²) >= 11 is 6.65. The number of nitrogens with zero attached hydrogens (tertiary/aromatic N) is 4. The van der Waals surface area contributed by atoms with E-state index in [0.29, 0.717) is 5.92 Å². The Hall–Kier alpha value is -2.69. The second-order valence-electron chi connectivity index (χ2n) is 9.75. The number of halogens is 1. The molecule has 192 valence electrons. The van der Waals surface area contributed by atoms with E-state index in [0.717, 1.165) is 52.0 Å². The van der Waals surface area contributed by atoms with Gasteiger partial charge in [0.2, 0.25) is 0 Å². The van der Waals surface area contributed by atoms with E-state index in [-0.39, 0.29) is 0 Å². The number of likely N-dealkylation sites (N-methyl/N-ethyl adjacent to an activating group) is 1. The molecule has 1 saturated heterocycles. The molecular formula is C31H41ClN4. The molecule has 2 heterocycles. The number of hydrogen-bond donors (Lipinski definition) is 0.